The van der Waals surface area contributed by atoms with Crippen LogP contribution in [-0.4, -0.2) is 56.1 Å². The minimum atomic E-state index is 0.107. The largest absolute Gasteiger partial charge is 0.373 e. The van der Waals surface area contributed by atoms with Gasteiger partial charge < -0.3 is 20.3 Å². The van der Waals surface area contributed by atoms with Gasteiger partial charge in [0.2, 0.25) is 5.91 Å². The van der Waals surface area contributed by atoms with Crippen molar-refractivity contribution in [3.05, 3.63) is 35.4 Å². The van der Waals surface area contributed by atoms with Gasteiger partial charge in [0.15, 0.2) is 5.96 Å². The first kappa shape index (κ1) is 20.6. The molecule has 6 nitrogen and oxygen atoms in total. The zero-order chi connectivity index (χ0) is 19.8. The molecule has 2 heterocycles. The van der Waals surface area contributed by atoms with Crippen LogP contribution in [0.4, 0.5) is 0 Å². The molecule has 2 atom stereocenters. The zero-order valence-corrected chi connectivity index (χ0v) is 17.2. The Kier molecular flexibility index (Phi) is 7.71. The van der Waals surface area contributed by atoms with Crippen molar-refractivity contribution in [1.82, 2.24) is 15.5 Å². The van der Waals surface area contributed by atoms with E-state index in [4.69, 9.17) is 4.74 Å². The molecule has 1 aromatic rings. The Bertz CT molecular complexity index is 653. The molecular weight excluding hydrogens is 352 g/mol. The fourth-order valence-electron chi connectivity index (χ4n) is 3.96. The summed E-state index contributed by atoms with van der Waals surface area (Å²) in [5, 5.41) is 6.69. The third kappa shape index (κ3) is 5.71. The summed E-state index contributed by atoms with van der Waals surface area (Å²) in [6.07, 6.45) is 4.52. The van der Waals surface area contributed by atoms with E-state index in [0.29, 0.717) is 11.9 Å². The molecular formula is C22H34N4O2. The quantitative estimate of drug-likeness (QED) is 0.583. The first-order chi connectivity index (χ1) is 13.7. The maximum Gasteiger partial charge on any atom is 0.244 e. The van der Waals surface area contributed by atoms with Crippen molar-refractivity contribution in [1.29, 1.82) is 0 Å². The number of amides is 1. The van der Waals surface area contributed by atoms with Gasteiger partial charge in [0.1, 0.15) is 6.54 Å². The second-order valence-corrected chi connectivity index (χ2v) is 7.77. The number of hydrogen-bond acceptors (Lipinski definition) is 3. The van der Waals surface area contributed by atoms with Crippen molar-refractivity contribution in [2.75, 3.05) is 39.3 Å². The highest BCUT2D eigenvalue weighted by atomic mass is 16.5. The minimum absolute atomic E-state index is 0.107. The van der Waals surface area contributed by atoms with E-state index in [-0.39, 0.29) is 18.6 Å². The summed E-state index contributed by atoms with van der Waals surface area (Å²) >= 11 is 0. The molecule has 1 aromatic carbocycles. The van der Waals surface area contributed by atoms with Gasteiger partial charge in [-0.25, -0.2) is 4.99 Å². The van der Waals surface area contributed by atoms with E-state index in [1.54, 1.807) is 0 Å². The molecule has 0 bridgehead atoms. The first-order valence-electron chi connectivity index (χ1n) is 10.7. The van der Waals surface area contributed by atoms with Crippen molar-refractivity contribution < 1.29 is 9.53 Å². The second-order valence-electron chi connectivity index (χ2n) is 7.77. The fraction of sp³-hybridized carbons (Fsp3) is 0.636. The highest BCUT2D eigenvalue weighted by Crippen LogP contribution is 2.33. The summed E-state index contributed by atoms with van der Waals surface area (Å²) < 4.78 is 6.11. The van der Waals surface area contributed by atoms with E-state index in [0.717, 1.165) is 58.5 Å². The second kappa shape index (κ2) is 10.5. The molecule has 2 fully saturated rings. The number of ether oxygens (including phenoxy) is 1. The standard InChI is InChI=1S/C22H34N4O2/c1-3-23-22(25-16-20(27)26-12-4-5-13-26)24-15-19-7-6-14-28-21(19)18-10-8-17(2)9-11-18/h8-11,19,21H,3-7,12-16H2,1-2H3,(H2,23,24,25). The summed E-state index contributed by atoms with van der Waals surface area (Å²) in [7, 11) is 0. The van der Waals surface area contributed by atoms with Crippen LogP contribution in [0.15, 0.2) is 29.3 Å². The van der Waals surface area contributed by atoms with Gasteiger partial charge in [-0.3, -0.25) is 4.79 Å². The Hall–Kier alpha value is -2.08. The van der Waals surface area contributed by atoms with E-state index in [1.165, 1.54) is 11.1 Å². The molecule has 0 aliphatic carbocycles. The number of rotatable bonds is 6. The molecule has 0 saturated carbocycles. The van der Waals surface area contributed by atoms with Crippen molar-refractivity contribution in [3.63, 3.8) is 0 Å². The molecule has 0 spiro atoms. The van der Waals surface area contributed by atoms with Crippen LogP contribution in [0.5, 0.6) is 0 Å². The van der Waals surface area contributed by atoms with Crippen molar-refractivity contribution in [3.8, 4) is 0 Å². The van der Waals surface area contributed by atoms with E-state index in [9.17, 15) is 4.79 Å². The van der Waals surface area contributed by atoms with Crippen LogP contribution in [-0.2, 0) is 9.53 Å². The predicted octanol–water partition coefficient (Wildman–Crippen LogP) is 2.64. The normalized spacial score (nSPS) is 22.9. The van der Waals surface area contributed by atoms with E-state index in [2.05, 4.69) is 46.8 Å². The molecule has 1 amide bonds. The summed E-state index contributed by atoms with van der Waals surface area (Å²) in [5.74, 6) is 1.21. The van der Waals surface area contributed by atoms with Gasteiger partial charge in [-0.15, -0.1) is 0 Å². The van der Waals surface area contributed by atoms with E-state index < -0.39 is 0 Å². The Labute approximate surface area is 168 Å². The van der Waals surface area contributed by atoms with Gasteiger partial charge in [0, 0.05) is 38.7 Å². The van der Waals surface area contributed by atoms with Crippen LogP contribution in [0.1, 0.15) is 49.8 Å². The average molecular weight is 387 g/mol. The van der Waals surface area contributed by atoms with Crippen molar-refractivity contribution >= 4 is 11.9 Å². The molecule has 3 rings (SSSR count). The number of carbonyl (C=O) groups excluding carboxylic acids is 1. The van der Waals surface area contributed by atoms with Crippen LogP contribution >= 0.6 is 0 Å². The van der Waals surface area contributed by atoms with Crippen molar-refractivity contribution in [2.24, 2.45) is 10.9 Å². The maximum atomic E-state index is 12.3. The number of carbonyl (C=O) groups is 1. The minimum Gasteiger partial charge on any atom is -0.373 e. The highest BCUT2D eigenvalue weighted by molar-refractivity contribution is 5.85. The summed E-state index contributed by atoms with van der Waals surface area (Å²) in [5.41, 5.74) is 2.50. The van der Waals surface area contributed by atoms with E-state index >= 15 is 0 Å². The lowest BCUT2D eigenvalue weighted by Crippen LogP contribution is -2.42. The Morgan fingerprint density at radius 3 is 2.64 bits per heavy atom. The molecule has 6 heteroatoms. The van der Waals surface area contributed by atoms with Crippen LogP contribution in [0.2, 0.25) is 0 Å². The third-order valence-electron chi connectivity index (χ3n) is 5.56. The molecule has 2 unspecified atom stereocenters. The number of aliphatic imine (C=N–C) groups is 1. The number of likely N-dealkylation sites (tertiary alicyclic amines) is 1. The molecule has 154 valence electrons. The van der Waals surface area contributed by atoms with Crippen LogP contribution in [0, 0.1) is 12.8 Å². The van der Waals surface area contributed by atoms with Gasteiger partial charge in [-0.1, -0.05) is 29.8 Å². The molecule has 2 aliphatic heterocycles. The fourth-order valence-corrected chi connectivity index (χ4v) is 3.96. The number of nitrogens with zero attached hydrogens (tertiary/aromatic N) is 2. The van der Waals surface area contributed by atoms with Gasteiger partial charge in [-0.2, -0.15) is 0 Å². The molecule has 2 saturated heterocycles. The Balaban J connectivity index is 1.58. The lowest BCUT2D eigenvalue weighted by molar-refractivity contribution is -0.128. The highest BCUT2D eigenvalue weighted by Gasteiger charge is 2.27. The molecule has 0 radical (unpaired) electrons. The topological polar surface area (TPSA) is 66.0 Å². The number of benzene rings is 1. The summed E-state index contributed by atoms with van der Waals surface area (Å²) in [6, 6.07) is 8.64. The van der Waals surface area contributed by atoms with Gasteiger partial charge >= 0.3 is 0 Å². The summed E-state index contributed by atoms with van der Waals surface area (Å²) in [6.45, 7) is 8.46. The molecule has 28 heavy (non-hydrogen) atoms. The van der Waals surface area contributed by atoms with Crippen LogP contribution in [0.25, 0.3) is 0 Å². The first-order valence-corrected chi connectivity index (χ1v) is 10.7. The monoisotopic (exact) mass is 386 g/mol. The van der Waals surface area contributed by atoms with Gasteiger partial charge in [-0.05, 0) is 45.1 Å². The van der Waals surface area contributed by atoms with Crippen LogP contribution in [0.3, 0.4) is 0 Å². The Morgan fingerprint density at radius 2 is 1.93 bits per heavy atom. The van der Waals surface area contributed by atoms with Crippen LogP contribution < -0.4 is 10.6 Å². The third-order valence-corrected chi connectivity index (χ3v) is 5.56. The predicted molar refractivity (Wildman–Crippen MR) is 112 cm³/mol. The zero-order valence-electron chi connectivity index (χ0n) is 17.2. The number of guanidine groups is 1. The number of aryl methyl sites for hydroxylation is 1. The smallest absolute Gasteiger partial charge is 0.244 e. The SMILES string of the molecule is CCNC(=NCC(=O)N1CCCC1)NCC1CCCOC1c1ccc(C)cc1. The van der Waals surface area contributed by atoms with Crippen molar-refractivity contribution in [2.45, 2.75) is 45.6 Å². The number of hydrogen-bond donors (Lipinski definition) is 2. The molecule has 0 aromatic heterocycles. The lowest BCUT2D eigenvalue weighted by atomic mass is 9.89. The van der Waals surface area contributed by atoms with E-state index in [1.807, 2.05) is 11.8 Å². The number of nitrogens with one attached hydrogen (secondary N) is 2. The average Bonchev–Trinajstić information content (AvgIpc) is 3.26. The molecule has 2 N–H and O–H groups in total. The maximum absolute atomic E-state index is 12.3. The lowest BCUT2D eigenvalue weighted by Gasteiger charge is -2.32. The summed E-state index contributed by atoms with van der Waals surface area (Å²) in [4.78, 5) is 18.7. The molecule has 2 aliphatic rings. The Morgan fingerprint density at radius 1 is 1.18 bits per heavy atom. The van der Waals surface area contributed by atoms with Gasteiger partial charge in [0.25, 0.3) is 0 Å². The van der Waals surface area contributed by atoms with Gasteiger partial charge in [0.05, 0.1) is 6.10 Å².